The fourth-order valence-electron chi connectivity index (χ4n) is 0.250. The van der Waals surface area contributed by atoms with Gasteiger partial charge in [0.15, 0.2) is 0 Å². The Morgan fingerprint density at radius 1 is 1.86 bits per heavy atom. The van der Waals surface area contributed by atoms with E-state index in [4.69, 9.17) is 0 Å². The Hall–Kier alpha value is -0.0400. The van der Waals surface area contributed by atoms with Gasteiger partial charge in [0.2, 0.25) is 0 Å². The van der Waals surface area contributed by atoms with Crippen LogP contribution in [0, 0.1) is 0 Å². The highest BCUT2D eigenvalue weighted by Gasteiger charge is 1.79. The monoisotopic (exact) mass is 160 g/mol. The second kappa shape index (κ2) is 4.13. The van der Waals surface area contributed by atoms with Crippen LogP contribution in [0.15, 0.2) is 24.3 Å². The Morgan fingerprint density at radius 2 is 2.43 bits per heavy atom. The van der Waals surface area contributed by atoms with Gasteiger partial charge < -0.3 is 0 Å². The minimum atomic E-state index is 0.910. The van der Waals surface area contributed by atoms with Crippen LogP contribution >= 0.6 is 15.9 Å². The predicted octanol–water partition coefficient (Wildman–Crippen LogP) is 2.51. The third-order valence-corrected chi connectivity index (χ3v) is 1.43. The molecule has 0 aromatic rings. The van der Waals surface area contributed by atoms with Crippen molar-refractivity contribution in [1.82, 2.24) is 0 Å². The fourth-order valence-corrected chi connectivity index (χ4v) is 0.802. The van der Waals surface area contributed by atoms with Gasteiger partial charge in [0.05, 0.1) is 0 Å². The van der Waals surface area contributed by atoms with Crippen molar-refractivity contribution in [1.29, 1.82) is 0 Å². The molecule has 0 bridgehead atoms. The van der Waals surface area contributed by atoms with E-state index < -0.39 is 0 Å². The van der Waals surface area contributed by atoms with Crippen molar-refractivity contribution in [2.75, 3.05) is 5.33 Å². The third kappa shape index (κ3) is 2.63. The molecule has 0 unspecified atom stereocenters. The smallest absolute Gasteiger partial charge is 0.0279 e. The number of hydrogen-bond acceptors (Lipinski definition) is 0. The van der Waals surface area contributed by atoms with Crippen LogP contribution < -0.4 is 0 Å². The van der Waals surface area contributed by atoms with Crippen LogP contribution in [0.5, 0.6) is 0 Å². The second-order valence-corrected chi connectivity index (χ2v) is 1.76. The summed E-state index contributed by atoms with van der Waals surface area (Å²) in [5, 5.41) is 0.910. The van der Waals surface area contributed by atoms with Gasteiger partial charge in [0, 0.05) is 5.33 Å². The lowest BCUT2D eigenvalue weighted by molar-refractivity contribution is 1.52. The van der Waals surface area contributed by atoms with E-state index in [-0.39, 0.29) is 0 Å². The Bertz CT molecular complexity index is 82.2. The van der Waals surface area contributed by atoms with Gasteiger partial charge in [-0.1, -0.05) is 34.7 Å². The van der Waals surface area contributed by atoms with Crippen molar-refractivity contribution in [3.63, 3.8) is 0 Å². The molecule has 7 heavy (non-hydrogen) atoms. The summed E-state index contributed by atoms with van der Waals surface area (Å²) in [6.45, 7) is 5.60. The van der Waals surface area contributed by atoms with E-state index in [0.717, 1.165) is 5.33 Å². The molecule has 0 aliphatic rings. The van der Waals surface area contributed by atoms with Gasteiger partial charge in [-0.05, 0) is 12.5 Å². The Labute approximate surface area is 53.1 Å². The van der Waals surface area contributed by atoms with Crippen LogP contribution in [0.1, 0.15) is 6.92 Å². The van der Waals surface area contributed by atoms with Gasteiger partial charge in [0.1, 0.15) is 0 Å². The molecule has 0 fully saturated rings. The zero-order valence-corrected chi connectivity index (χ0v) is 6.03. The number of allylic oxidation sites excluding steroid dienone is 3. The molecule has 40 valence electrons. The molecule has 0 aliphatic carbocycles. The standard InChI is InChI=1S/C6H9Br/c1-3-6(4-2)5-7/h3-4H,1,5H2,2H3/b6-4+. The van der Waals surface area contributed by atoms with Crippen LogP contribution in [0.4, 0.5) is 0 Å². The highest BCUT2D eigenvalue weighted by atomic mass is 79.9. The van der Waals surface area contributed by atoms with Crippen molar-refractivity contribution < 1.29 is 0 Å². The first-order valence-corrected chi connectivity index (χ1v) is 3.31. The highest BCUT2D eigenvalue weighted by Crippen LogP contribution is 1.98. The van der Waals surface area contributed by atoms with Crippen LogP contribution in [0.3, 0.4) is 0 Å². The van der Waals surface area contributed by atoms with E-state index in [1.165, 1.54) is 5.57 Å². The molecule has 0 spiro atoms. The zero-order chi connectivity index (χ0) is 5.70. The molecular weight excluding hydrogens is 152 g/mol. The lowest BCUT2D eigenvalue weighted by Crippen LogP contribution is -1.72. The number of rotatable bonds is 2. The maximum absolute atomic E-state index is 3.60. The third-order valence-electron chi connectivity index (χ3n) is 0.787. The maximum atomic E-state index is 3.60. The summed E-state index contributed by atoms with van der Waals surface area (Å²) in [7, 11) is 0. The maximum Gasteiger partial charge on any atom is 0.0279 e. The SMILES string of the molecule is C=C/C(=C\C)CBr. The molecule has 0 N–H and O–H groups in total. The van der Waals surface area contributed by atoms with Gasteiger partial charge in [0.25, 0.3) is 0 Å². The van der Waals surface area contributed by atoms with Crippen LogP contribution in [0.2, 0.25) is 0 Å². The summed E-state index contributed by atoms with van der Waals surface area (Å²) >= 11 is 3.30. The zero-order valence-electron chi connectivity index (χ0n) is 4.45. The molecular formula is C6H9Br. The van der Waals surface area contributed by atoms with Crippen molar-refractivity contribution in [3.8, 4) is 0 Å². The van der Waals surface area contributed by atoms with E-state index in [0.29, 0.717) is 0 Å². The number of alkyl halides is 1. The molecule has 0 aromatic carbocycles. The minimum absolute atomic E-state index is 0.910. The topological polar surface area (TPSA) is 0 Å². The first-order valence-electron chi connectivity index (χ1n) is 2.18. The summed E-state index contributed by atoms with van der Waals surface area (Å²) < 4.78 is 0. The highest BCUT2D eigenvalue weighted by molar-refractivity contribution is 9.09. The van der Waals surface area contributed by atoms with E-state index in [2.05, 4.69) is 22.5 Å². The Kier molecular flexibility index (Phi) is 4.10. The normalized spacial score (nSPS) is 11.4. The molecule has 0 saturated carbocycles. The molecule has 0 saturated heterocycles. The van der Waals surface area contributed by atoms with Gasteiger partial charge >= 0.3 is 0 Å². The van der Waals surface area contributed by atoms with Crippen molar-refractivity contribution in [2.45, 2.75) is 6.92 Å². The summed E-state index contributed by atoms with van der Waals surface area (Å²) in [6.07, 6.45) is 3.87. The molecule has 1 heteroatoms. The van der Waals surface area contributed by atoms with Crippen molar-refractivity contribution in [2.24, 2.45) is 0 Å². The molecule has 0 rings (SSSR count). The largest absolute Gasteiger partial charge is 0.0988 e. The molecule has 0 amide bonds. The Balaban J connectivity index is 3.60. The summed E-state index contributed by atoms with van der Waals surface area (Å²) in [5.74, 6) is 0. The average molecular weight is 161 g/mol. The van der Waals surface area contributed by atoms with Gasteiger partial charge in [-0.3, -0.25) is 0 Å². The summed E-state index contributed by atoms with van der Waals surface area (Å²) in [4.78, 5) is 0. The predicted molar refractivity (Wildman–Crippen MR) is 37.7 cm³/mol. The Morgan fingerprint density at radius 3 is 2.43 bits per heavy atom. The van der Waals surface area contributed by atoms with E-state index in [9.17, 15) is 0 Å². The fraction of sp³-hybridized carbons (Fsp3) is 0.333. The number of halogens is 1. The van der Waals surface area contributed by atoms with Gasteiger partial charge in [-0.2, -0.15) is 0 Å². The quantitative estimate of drug-likeness (QED) is 0.431. The lowest BCUT2D eigenvalue weighted by Gasteiger charge is -1.86. The van der Waals surface area contributed by atoms with Gasteiger partial charge in [-0.25, -0.2) is 0 Å². The average Bonchev–Trinajstić information content (AvgIpc) is 1.72. The summed E-state index contributed by atoms with van der Waals surface area (Å²) in [5.41, 5.74) is 1.24. The molecule has 0 nitrogen and oxygen atoms in total. The van der Waals surface area contributed by atoms with Gasteiger partial charge in [-0.15, -0.1) is 0 Å². The van der Waals surface area contributed by atoms with Crippen LogP contribution in [-0.4, -0.2) is 5.33 Å². The first kappa shape index (κ1) is 6.96. The van der Waals surface area contributed by atoms with Crippen molar-refractivity contribution >= 4 is 15.9 Å². The second-order valence-electron chi connectivity index (χ2n) is 1.20. The lowest BCUT2D eigenvalue weighted by atomic mass is 10.3. The molecule has 0 radical (unpaired) electrons. The van der Waals surface area contributed by atoms with Crippen LogP contribution in [-0.2, 0) is 0 Å². The molecule has 0 aliphatic heterocycles. The van der Waals surface area contributed by atoms with E-state index in [1.807, 2.05) is 19.1 Å². The molecule has 0 atom stereocenters. The van der Waals surface area contributed by atoms with Crippen LogP contribution in [0.25, 0.3) is 0 Å². The molecule has 0 heterocycles. The van der Waals surface area contributed by atoms with E-state index >= 15 is 0 Å². The number of hydrogen-bond donors (Lipinski definition) is 0. The minimum Gasteiger partial charge on any atom is -0.0988 e. The first-order chi connectivity index (χ1) is 3.35. The van der Waals surface area contributed by atoms with Crippen molar-refractivity contribution in [3.05, 3.63) is 24.3 Å². The summed E-state index contributed by atoms with van der Waals surface area (Å²) in [6, 6.07) is 0. The van der Waals surface area contributed by atoms with E-state index in [1.54, 1.807) is 0 Å². The molecule has 0 aromatic heterocycles.